The lowest BCUT2D eigenvalue weighted by Gasteiger charge is -2.14. The minimum absolute atomic E-state index is 0.140. The van der Waals surface area contributed by atoms with Crippen LogP contribution in [0.4, 0.5) is 5.69 Å². The molecule has 1 aromatic rings. The Hall–Kier alpha value is -1.95. The van der Waals surface area contributed by atoms with Crippen LogP contribution in [0.2, 0.25) is 5.02 Å². The third-order valence-corrected chi connectivity index (χ3v) is 2.96. The van der Waals surface area contributed by atoms with E-state index >= 15 is 0 Å². The lowest BCUT2D eigenvalue weighted by molar-refractivity contribution is -0.118. The number of ether oxygens (including phenoxy) is 1. The number of oxime groups is 1. The highest BCUT2D eigenvalue weighted by Gasteiger charge is 2.22. The molecule has 7 heteroatoms. The van der Waals surface area contributed by atoms with Crippen LogP contribution in [0.25, 0.3) is 0 Å². The number of benzene rings is 1. The molecule has 0 saturated carbocycles. The van der Waals surface area contributed by atoms with Gasteiger partial charge in [-0.2, -0.15) is 0 Å². The molecule has 19 heavy (non-hydrogen) atoms. The van der Waals surface area contributed by atoms with Gasteiger partial charge < -0.3 is 21.0 Å². The second kappa shape index (κ2) is 6.84. The maximum absolute atomic E-state index is 12.0. The Morgan fingerprint density at radius 2 is 2.32 bits per heavy atom. The van der Waals surface area contributed by atoms with Crippen molar-refractivity contribution in [2.45, 2.75) is 13.3 Å². The first-order chi connectivity index (χ1) is 9.03. The first-order valence-corrected chi connectivity index (χ1v) is 6.03. The van der Waals surface area contributed by atoms with E-state index in [1.165, 1.54) is 7.11 Å². The zero-order valence-corrected chi connectivity index (χ0v) is 11.4. The van der Waals surface area contributed by atoms with Gasteiger partial charge >= 0.3 is 0 Å². The topological polar surface area (TPSA) is 96.9 Å². The number of anilines is 1. The number of amides is 1. The van der Waals surface area contributed by atoms with Crippen LogP contribution in [-0.4, -0.2) is 24.1 Å². The Labute approximate surface area is 116 Å². The van der Waals surface area contributed by atoms with Crippen LogP contribution in [0.3, 0.4) is 0 Å². The second-order valence-electron chi connectivity index (χ2n) is 3.82. The smallest absolute Gasteiger partial charge is 0.235 e. The monoisotopic (exact) mass is 285 g/mol. The molecule has 1 rings (SSSR count). The number of hydrogen-bond donors (Lipinski definition) is 3. The summed E-state index contributed by atoms with van der Waals surface area (Å²) >= 11 is 5.98. The number of carbonyl (C=O) groups excluding carboxylic acids is 1. The molecule has 0 fully saturated rings. The maximum Gasteiger partial charge on any atom is 0.235 e. The second-order valence-corrected chi connectivity index (χ2v) is 4.23. The highest BCUT2D eigenvalue weighted by Crippen LogP contribution is 2.27. The summed E-state index contributed by atoms with van der Waals surface area (Å²) in [5, 5.41) is 14.5. The Bertz CT molecular complexity index is 491. The highest BCUT2D eigenvalue weighted by molar-refractivity contribution is 6.33. The van der Waals surface area contributed by atoms with Gasteiger partial charge in [-0.3, -0.25) is 4.79 Å². The first-order valence-electron chi connectivity index (χ1n) is 5.65. The first kappa shape index (κ1) is 15.1. The third kappa shape index (κ3) is 3.75. The molecule has 1 atom stereocenters. The molecule has 1 unspecified atom stereocenters. The molecule has 0 aliphatic heterocycles. The summed E-state index contributed by atoms with van der Waals surface area (Å²) in [6, 6.07) is 4.89. The van der Waals surface area contributed by atoms with Crippen LogP contribution in [0.5, 0.6) is 5.75 Å². The number of halogens is 1. The fourth-order valence-electron chi connectivity index (χ4n) is 1.55. The molecule has 0 aliphatic carbocycles. The van der Waals surface area contributed by atoms with Gasteiger partial charge in [0.2, 0.25) is 5.91 Å². The Kier molecular flexibility index (Phi) is 5.44. The summed E-state index contributed by atoms with van der Waals surface area (Å²) in [5.41, 5.74) is 5.87. The Balaban J connectivity index is 2.92. The van der Waals surface area contributed by atoms with Gasteiger partial charge in [0, 0.05) is 6.07 Å². The van der Waals surface area contributed by atoms with Gasteiger partial charge in [-0.25, -0.2) is 0 Å². The van der Waals surface area contributed by atoms with Gasteiger partial charge in [0.1, 0.15) is 5.75 Å². The number of nitrogens with zero attached hydrogens (tertiary/aromatic N) is 1. The number of methoxy groups -OCH3 is 1. The van der Waals surface area contributed by atoms with Crippen LogP contribution >= 0.6 is 11.6 Å². The summed E-state index contributed by atoms with van der Waals surface area (Å²) in [7, 11) is 1.51. The van der Waals surface area contributed by atoms with Gasteiger partial charge in [-0.15, -0.1) is 0 Å². The molecule has 0 spiro atoms. The van der Waals surface area contributed by atoms with Crippen molar-refractivity contribution < 1.29 is 14.7 Å². The van der Waals surface area contributed by atoms with Crippen molar-refractivity contribution in [3.05, 3.63) is 23.2 Å². The highest BCUT2D eigenvalue weighted by atomic mass is 35.5. The standard InChI is InChI=1S/C12H16ClN3O3/c1-3-8(11(14)16-18)12(17)15-10-6-7(19-2)4-5-9(10)13/h4-6,8,18H,3H2,1-2H3,(H2,14,16)(H,15,17). The van der Waals surface area contributed by atoms with Gasteiger partial charge in [0.15, 0.2) is 5.84 Å². The number of carbonyl (C=O) groups is 1. The van der Waals surface area contributed by atoms with Crippen molar-refractivity contribution in [2.24, 2.45) is 16.8 Å². The fourth-order valence-corrected chi connectivity index (χ4v) is 1.71. The van der Waals surface area contributed by atoms with Gasteiger partial charge in [-0.1, -0.05) is 23.7 Å². The molecule has 0 aliphatic rings. The number of nitrogens with one attached hydrogen (secondary N) is 1. The number of hydrogen-bond acceptors (Lipinski definition) is 4. The number of nitrogens with two attached hydrogens (primary N) is 1. The summed E-state index contributed by atoms with van der Waals surface area (Å²) < 4.78 is 5.05. The van der Waals surface area contributed by atoms with E-state index in [9.17, 15) is 4.79 Å². The summed E-state index contributed by atoms with van der Waals surface area (Å²) in [6.07, 6.45) is 0.406. The number of amidine groups is 1. The Morgan fingerprint density at radius 1 is 1.63 bits per heavy atom. The molecule has 1 aromatic carbocycles. The molecule has 4 N–H and O–H groups in total. The predicted molar refractivity (Wildman–Crippen MR) is 73.8 cm³/mol. The van der Waals surface area contributed by atoms with E-state index in [0.717, 1.165) is 0 Å². The molecule has 0 aromatic heterocycles. The van der Waals surface area contributed by atoms with Gasteiger partial charge in [0.05, 0.1) is 23.7 Å². The van der Waals surface area contributed by atoms with E-state index in [1.807, 2.05) is 0 Å². The zero-order chi connectivity index (χ0) is 14.4. The zero-order valence-electron chi connectivity index (χ0n) is 10.7. The summed E-state index contributed by atoms with van der Waals surface area (Å²) in [5.74, 6) is -0.684. The van der Waals surface area contributed by atoms with Gasteiger partial charge in [0.25, 0.3) is 0 Å². The van der Waals surface area contributed by atoms with E-state index < -0.39 is 11.8 Å². The fraction of sp³-hybridized carbons (Fsp3) is 0.333. The number of rotatable bonds is 5. The van der Waals surface area contributed by atoms with E-state index in [1.54, 1.807) is 25.1 Å². The van der Waals surface area contributed by atoms with Crippen LogP contribution in [-0.2, 0) is 4.79 Å². The molecule has 6 nitrogen and oxygen atoms in total. The van der Waals surface area contributed by atoms with Gasteiger partial charge in [-0.05, 0) is 18.6 Å². The van der Waals surface area contributed by atoms with Crippen LogP contribution in [0.15, 0.2) is 23.4 Å². The Morgan fingerprint density at radius 3 is 2.84 bits per heavy atom. The van der Waals surface area contributed by atoms with E-state index in [-0.39, 0.29) is 5.84 Å². The molecule has 0 bridgehead atoms. The summed E-state index contributed by atoms with van der Waals surface area (Å²) in [6.45, 7) is 1.76. The van der Waals surface area contributed by atoms with Crippen molar-refractivity contribution in [2.75, 3.05) is 12.4 Å². The van der Waals surface area contributed by atoms with Crippen molar-refractivity contribution in [1.82, 2.24) is 0 Å². The lowest BCUT2D eigenvalue weighted by atomic mass is 10.0. The predicted octanol–water partition coefficient (Wildman–Crippen LogP) is 2.06. The quantitative estimate of drug-likeness (QED) is 0.334. The van der Waals surface area contributed by atoms with Crippen LogP contribution in [0.1, 0.15) is 13.3 Å². The summed E-state index contributed by atoms with van der Waals surface area (Å²) in [4.78, 5) is 12.0. The average molecular weight is 286 g/mol. The normalized spacial score (nSPS) is 12.9. The van der Waals surface area contributed by atoms with Crippen molar-refractivity contribution in [1.29, 1.82) is 0 Å². The maximum atomic E-state index is 12.0. The minimum Gasteiger partial charge on any atom is -0.497 e. The molecular weight excluding hydrogens is 270 g/mol. The minimum atomic E-state index is -0.715. The molecule has 104 valence electrons. The molecule has 0 radical (unpaired) electrons. The van der Waals surface area contributed by atoms with E-state index in [2.05, 4.69) is 10.5 Å². The molecule has 1 amide bonds. The largest absolute Gasteiger partial charge is 0.497 e. The lowest BCUT2D eigenvalue weighted by Crippen LogP contribution is -2.34. The van der Waals surface area contributed by atoms with Crippen LogP contribution < -0.4 is 15.8 Å². The average Bonchev–Trinajstić information content (AvgIpc) is 2.41. The van der Waals surface area contributed by atoms with Crippen LogP contribution in [0, 0.1) is 5.92 Å². The third-order valence-electron chi connectivity index (χ3n) is 2.63. The van der Waals surface area contributed by atoms with Crippen molar-refractivity contribution in [3.8, 4) is 5.75 Å². The van der Waals surface area contributed by atoms with Crippen molar-refractivity contribution in [3.63, 3.8) is 0 Å². The molecule has 0 heterocycles. The van der Waals surface area contributed by atoms with E-state index in [4.69, 9.17) is 27.3 Å². The van der Waals surface area contributed by atoms with E-state index in [0.29, 0.717) is 22.9 Å². The molecule has 0 saturated heterocycles. The van der Waals surface area contributed by atoms with Crippen molar-refractivity contribution >= 4 is 29.0 Å². The molecular formula is C12H16ClN3O3. The SMILES string of the molecule is CCC(C(=O)Nc1cc(OC)ccc1Cl)C(N)=NO.